The molecule has 1 N–H and O–H groups in total. The Labute approximate surface area is 235 Å². The van der Waals surface area contributed by atoms with E-state index in [-0.39, 0.29) is 30.2 Å². The Morgan fingerprint density at radius 2 is 1.62 bits per heavy atom. The van der Waals surface area contributed by atoms with E-state index in [4.69, 9.17) is 0 Å². The molecule has 0 unspecified atom stereocenters. The fraction of sp³-hybridized carbons (Fsp3) is 0.353. The van der Waals surface area contributed by atoms with Crippen molar-refractivity contribution in [1.82, 2.24) is 14.8 Å². The maximum atomic E-state index is 14.7. The normalized spacial score (nSPS) is 20.1. The molecule has 0 radical (unpaired) electrons. The SMILES string of the molecule is Cc1ccc2cc3n(c2c1)C[C@@](C(=O)NC1CCCCCCC1)(c1ccccc1)N(Cc1ccc(F)cc1)C3=O. The summed E-state index contributed by atoms with van der Waals surface area (Å²) in [6.45, 7) is 2.52. The number of halogens is 1. The molecule has 1 aromatic heterocycles. The summed E-state index contributed by atoms with van der Waals surface area (Å²) in [6, 6.07) is 24.0. The Kier molecular flexibility index (Phi) is 7.18. The quantitative estimate of drug-likeness (QED) is 0.302. The van der Waals surface area contributed by atoms with Gasteiger partial charge in [-0.15, -0.1) is 0 Å². The van der Waals surface area contributed by atoms with E-state index >= 15 is 0 Å². The molecular weight excluding hydrogens is 501 g/mol. The zero-order valence-electron chi connectivity index (χ0n) is 23.0. The van der Waals surface area contributed by atoms with E-state index in [9.17, 15) is 14.0 Å². The molecule has 0 saturated heterocycles. The van der Waals surface area contributed by atoms with Gasteiger partial charge in [-0.2, -0.15) is 0 Å². The molecule has 6 rings (SSSR count). The molecule has 2 amide bonds. The van der Waals surface area contributed by atoms with Crippen LogP contribution in [0.3, 0.4) is 0 Å². The maximum absolute atomic E-state index is 14.7. The Hall–Kier alpha value is -3.93. The van der Waals surface area contributed by atoms with Gasteiger partial charge in [-0.3, -0.25) is 9.59 Å². The average Bonchev–Trinajstić information content (AvgIpc) is 3.30. The third-order valence-corrected chi connectivity index (χ3v) is 8.69. The molecule has 2 aliphatic rings. The lowest BCUT2D eigenvalue weighted by molar-refractivity contribution is -0.136. The predicted molar refractivity (Wildman–Crippen MR) is 155 cm³/mol. The Morgan fingerprint density at radius 1 is 0.925 bits per heavy atom. The van der Waals surface area contributed by atoms with Crippen molar-refractivity contribution in [2.24, 2.45) is 0 Å². The second-order valence-corrected chi connectivity index (χ2v) is 11.4. The van der Waals surface area contributed by atoms with Crippen molar-refractivity contribution in [2.75, 3.05) is 0 Å². The van der Waals surface area contributed by atoms with Crippen LogP contribution in [0.5, 0.6) is 0 Å². The minimum Gasteiger partial charge on any atom is -0.351 e. The number of nitrogens with zero attached hydrogens (tertiary/aromatic N) is 2. The molecular formula is C34H36FN3O2. The van der Waals surface area contributed by atoms with Crippen LogP contribution in [0.4, 0.5) is 4.39 Å². The van der Waals surface area contributed by atoms with Gasteiger partial charge in [-0.25, -0.2) is 4.39 Å². The predicted octanol–water partition coefficient (Wildman–Crippen LogP) is 6.87. The van der Waals surface area contributed by atoms with Crippen molar-refractivity contribution in [1.29, 1.82) is 0 Å². The lowest BCUT2D eigenvalue weighted by Gasteiger charge is -2.47. The number of carbonyl (C=O) groups is 2. The van der Waals surface area contributed by atoms with Gasteiger partial charge in [0.25, 0.3) is 11.8 Å². The van der Waals surface area contributed by atoms with E-state index < -0.39 is 5.54 Å². The first-order valence-electron chi connectivity index (χ1n) is 14.5. The first kappa shape index (κ1) is 26.3. The van der Waals surface area contributed by atoms with Gasteiger partial charge in [0.15, 0.2) is 5.54 Å². The van der Waals surface area contributed by atoms with Crippen LogP contribution in [0.25, 0.3) is 10.9 Å². The number of hydrogen-bond acceptors (Lipinski definition) is 2. The number of aromatic nitrogens is 1. The lowest BCUT2D eigenvalue weighted by Crippen LogP contribution is -2.64. The first-order valence-corrected chi connectivity index (χ1v) is 14.5. The van der Waals surface area contributed by atoms with Crippen molar-refractivity contribution >= 4 is 22.7 Å². The smallest absolute Gasteiger partial charge is 0.272 e. The summed E-state index contributed by atoms with van der Waals surface area (Å²) in [5.74, 6) is -0.693. The minimum atomic E-state index is -1.28. The van der Waals surface area contributed by atoms with Gasteiger partial charge in [-0.05, 0) is 60.7 Å². The highest BCUT2D eigenvalue weighted by Crippen LogP contribution is 2.40. The van der Waals surface area contributed by atoms with Crippen LogP contribution in [0.15, 0.2) is 78.9 Å². The van der Waals surface area contributed by atoms with E-state index in [0.717, 1.165) is 53.3 Å². The van der Waals surface area contributed by atoms with Gasteiger partial charge in [0.2, 0.25) is 0 Å². The van der Waals surface area contributed by atoms with Crippen LogP contribution < -0.4 is 5.32 Å². The Balaban J connectivity index is 1.52. The third-order valence-electron chi connectivity index (χ3n) is 8.69. The first-order chi connectivity index (χ1) is 19.5. The van der Waals surface area contributed by atoms with Gasteiger partial charge in [0.05, 0.1) is 6.54 Å². The number of aryl methyl sites for hydroxylation is 1. The van der Waals surface area contributed by atoms with Crippen LogP contribution in [-0.4, -0.2) is 27.3 Å². The lowest BCUT2D eigenvalue weighted by atomic mass is 9.83. The van der Waals surface area contributed by atoms with Gasteiger partial charge in [0.1, 0.15) is 11.5 Å². The minimum absolute atomic E-state index is 0.0706. The molecule has 1 aliphatic heterocycles. The van der Waals surface area contributed by atoms with Crippen LogP contribution in [0.2, 0.25) is 0 Å². The molecule has 1 aliphatic carbocycles. The second-order valence-electron chi connectivity index (χ2n) is 11.4. The van der Waals surface area contributed by atoms with Crippen LogP contribution >= 0.6 is 0 Å². The molecule has 2 heterocycles. The van der Waals surface area contributed by atoms with Crippen LogP contribution in [0.1, 0.15) is 72.1 Å². The van der Waals surface area contributed by atoms with Gasteiger partial charge in [-0.1, -0.05) is 86.7 Å². The highest BCUT2D eigenvalue weighted by atomic mass is 19.1. The average molecular weight is 538 g/mol. The van der Waals surface area contributed by atoms with Crippen LogP contribution in [-0.2, 0) is 23.4 Å². The fourth-order valence-corrected chi connectivity index (χ4v) is 6.51. The van der Waals surface area contributed by atoms with Crippen molar-refractivity contribution in [2.45, 2.75) is 76.5 Å². The largest absolute Gasteiger partial charge is 0.351 e. The van der Waals surface area contributed by atoms with E-state index in [1.165, 1.54) is 31.4 Å². The molecule has 4 aromatic rings. The van der Waals surface area contributed by atoms with Gasteiger partial charge >= 0.3 is 0 Å². The summed E-state index contributed by atoms with van der Waals surface area (Å²) in [4.78, 5) is 30.9. The van der Waals surface area contributed by atoms with E-state index in [1.807, 2.05) is 60.0 Å². The summed E-state index contributed by atoms with van der Waals surface area (Å²) in [5, 5.41) is 4.39. The molecule has 6 heteroatoms. The van der Waals surface area contributed by atoms with Crippen molar-refractivity contribution in [3.63, 3.8) is 0 Å². The molecule has 3 aromatic carbocycles. The standard InChI is InChI=1S/C34H36FN3O2/c1-24-14-17-26-21-31-32(39)38(22-25-15-18-28(35)19-16-25)34(23-37(31)30(26)20-24,27-10-6-5-7-11-27)33(40)36-29-12-8-3-2-4-9-13-29/h5-7,10-11,14-21,29H,2-4,8-9,12-13,22-23H2,1H3,(H,36,40)/t34-/m0/s1. The number of carbonyl (C=O) groups excluding carboxylic acids is 2. The topological polar surface area (TPSA) is 54.3 Å². The molecule has 40 heavy (non-hydrogen) atoms. The second kappa shape index (κ2) is 10.9. The summed E-state index contributed by atoms with van der Waals surface area (Å²) in [6.07, 6.45) is 7.68. The maximum Gasteiger partial charge on any atom is 0.272 e. The summed E-state index contributed by atoms with van der Waals surface area (Å²) >= 11 is 0. The number of hydrogen-bond donors (Lipinski definition) is 1. The number of nitrogens with one attached hydrogen (secondary N) is 1. The number of fused-ring (bicyclic) bond motifs is 3. The highest BCUT2D eigenvalue weighted by Gasteiger charge is 2.52. The molecule has 5 nitrogen and oxygen atoms in total. The Morgan fingerprint density at radius 3 is 2.35 bits per heavy atom. The zero-order valence-corrected chi connectivity index (χ0v) is 23.0. The molecule has 1 fully saturated rings. The third kappa shape index (κ3) is 4.80. The molecule has 1 atom stereocenters. The summed E-state index contributed by atoms with van der Waals surface area (Å²) < 4.78 is 15.8. The molecule has 206 valence electrons. The van der Waals surface area contributed by atoms with Crippen molar-refractivity contribution in [3.8, 4) is 0 Å². The highest BCUT2D eigenvalue weighted by molar-refractivity contribution is 6.04. The van der Waals surface area contributed by atoms with Gasteiger partial charge in [0, 0.05) is 23.5 Å². The number of rotatable bonds is 5. The van der Waals surface area contributed by atoms with Crippen molar-refractivity contribution in [3.05, 3.63) is 107 Å². The van der Waals surface area contributed by atoms with Crippen molar-refractivity contribution < 1.29 is 14.0 Å². The monoisotopic (exact) mass is 537 g/mol. The van der Waals surface area contributed by atoms with Gasteiger partial charge < -0.3 is 14.8 Å². The molecule has 0 spiro atoms. The molecule has 1 saturated carbocycles. The number of amides is 2. The van der Waals surface area contributed by atoms with Crippen LogP contribution in [0, 0.1) is 12.7 Å². The van der Waals surface area contributed by atoms with E-state index in [1.54, 1.807) is 17.0 Å². The summed E-state index contributed by atoms with van der Waals surface area (Å²) in [5.41, 5.74) is 2.87. The van der Waals surface area contributed by atoms with E-state index in [2.05, 4.69) is 11.4 Å². The fourth-order valence-electron chi connectivity index (χ4n) is 6.51. The zero-order chi connectivity index (χ0) is 27.7. The van der Waals surface area contributed by atoms with E-state index in [0.29, 0.717) is 12.2 Å². The number of benzene rings is 3. The molecule has 0 bridgehead atoms. The Bertz CT molecular complexity index is 1520. The summed E-state index contributed by atoms with van der Waals surface area (Å²) in [7, 11) is 0.